The van der Waals surface area contributed by atoms with Crippen molar-refractivity contribution in [2.24, 2.45) is 0 Å². The molecule has 3 aromatic rings. The van der Waals surface area contributed by atoms with Gasteiger partial charge < -0.3 is 24.5 Å². The van der Waals surface area contributed by atoms with Gasteiger partial charge in [0.05, 0.1) is 12.6 Å². The summed E-state index contributed by atoms with van der Waals surface area (Å²) in [6.07, 6.45) is -0.130. The Morgan fingerprint density at radius 2 is 1.80 bits per heavy atom. The number of para-hydroxylation sites is 1. The molecule has 2 aromatic carbocycles. The third kappa shape index (κ3) is 5.49. The Hall–Kier alpha value is -3.31. The van der Waals surface area contributed by atoms with Crippen LogP contribution in [0, 0.1) is 11.6 Å². The number of benzene rings is 2. The summed E-state index contributed by atoms with van der Waals surface area (Å²) in [4.78, 5) is 15.0. The van der Waals surface area contributed by atoms with Crippen molar-refractivity contribution in [1.29, 1.82) is 0 Å². The van der Waals surface area contributed by atoms with Crippen LogP contribution in [-0.4, -0.2) is 70.8 Å². The maximum atomic E-state index is 15.8. The minimum atomic E-state index is -3.49. The Labute approximate surface area is 229 Å². The van der Waals surface area contributed by atoms with Crippen LogP contribution in [0.5, 0.6) is 0 Å². The summed E-state index contributed by atoms with van der Waals surface area (Å²) in [5.74, 6) is -5.13. The van der Waals surface area contributed by atoms with Gasteiger partial charge in [0.25, 0.3) is 5.92 Å². The largest absolute Gasteiger partial charge is 0.459 e. The van der Waals surface area contributed by atoms with Crippen LogP contribution < -0.4 is 5.32 Å². The van der Waals surface area contributed by atoms with E-state index in [1.54, 1.807) is 39.8 Å². The number of aliphatic hydroxyl groups is 1. The van der Waals surface area contributed by atoms with E-state index in [0.29, 0.717) is 25.1 Å². The van der Waals surface area contributed by atoms with Gasteiger partial charge in [-0.25, -0.2) is 22.4 Å². The molecule has 0 radical (unpaired) electrons. The number of rotatable bonds is 6. The Bertz CT molecular complexity index is 1390. The number of furan rings is 1. The second-order valence-electron chi connectivity index (χ2n) is 11.7. The third-order valence-corrected chi connectivity index (χ3v) is 7.28. The first kappa shape index (κ1) is 28.2. The molecular formula is C29H33F4N3O4. The molecule has 0 aliphatic carbocycles. The Morgan fingerprint density at radius 3 is 2.42 bits per heavy atom. The number of hydrogen-bond acceptors (Lipinski definition) is 6. The summed E-state index contributed by atoms with van der Waals surface area (Å²) in [5, 5.41) is 13.0. The molecule has 1 aromatic heterocycles. The molecule has 216 valence electrons. The first-order chi connectivity index (χ1) is 18.8. The van der Waals surface area contributed by atoms with Gasteiger partial charge in [-0.3, -0.25) is 4.90 Å². The van der Waals surface area contributed by atoms with Crippen LogP contribution in [0.25, 0.3) is 11.0 Å². The fourth-order valence-electron chi connectivity index (χ4n) is 5.44. The molecule has 1 amide bonds. The highest BCUT2D eigenvalue weighted by Gasteiger charge is 2.44. The zero-order valence-corrected chi connectivity index (χ0v) is 22.8. The Balaban J connectivity index is 1.45. The zero-order chi connectivity index (χ0) is 29.0. The highest BCUT2D eigenvalue weighted by atomic mass is 19.3. The van der Waals surface area contributed by atoms with Gasteiger partial charge in [-0.15, -0.1) is 0 Å². The highest BCUT2D eigenvalue weighted by Crippen LogP contribution is 2.45. The number of nitrogens with zero attached hydrogens (tertiary/aromatic N) is 2. The number of halogens is 4. The van der Waals surface area contributed by atoms with Crippen molar-refractivity contribution in [2.75, 3.05) is 31.6 Å². The summed E-state index contributed by atoms with van der Waals surface area (Å²) < 4.78 is 71.8. The topological polar surface area (TPSA) is 78.2 Å². The fourth-order valence-corrected chi connectivity index (χ4v) is 5.44. The molecule has 1 saturated heterocycles. The van der Waals surface area contributed by atoms with Crippen LogP contribution in [0.3, 0.4) is 0 Å². The highest BCUT2D eigenvalue weighted by molar-refractivity contribution is 5.83. The maximum absolute atomic E-state index is 15.8. The summed E-state index contributed by atoms with van der Waals surface area (Å²) in [7, 11) is 0. The number of ether oxygens (including phenoxy) is 1. The Kier molecular flexibility index (Phi) is 7.24. The standard InChI is InChI=1S/C29H33F4N3O4/c1-16-9-20-19-7-5-6-8-23(19)39-26(20)25(36(16)14-29(32,33)15-37)24-21(30)10-17(11-22(24)31)34-18-12-35(13-18)27(38)40-28(2,3)4/h5-8,10-11,16,18,25,34,37H,9,12-15H2,1-4H3/t16-,25-/m1/s1. The molecule has 0 unspecified atom stereocenters. The van der Waals surface area contributed by atoms with Gasteiger partial charge in [0.2, 0.25) is 0 Å². The van der Waals surface area contributed by atoms with E-state index in [1.807, 2.05) is 12.1 Å². The molecule has 40 heavy (non-hydrogen) atoms. The molecule has 0 saturated carbocycles. The summed E-state index contributed by atoms with van der Waals surface area (Å²) >= 11 is 0. The smallest absolute Gasteiger partial charge is 0.410 e. The van der Waals surface area contributed by atoms with Crippen LogP contribution in [0.1, 0.15) is 50.6 Å². The van der Waals surface area contributed by atoms with Crippen molar-refractivity contribution in [1.82, 2.24) is 9.80 Å². The van der Waals surface area contributed by atoms with Gasteiger partial charge >= 0.3 is 6.09 Å². The van der Waals surface area contributed by atoms with Gasteiger partial charge in [0, 0.05) is 41.3 Å². The number of alkyl halides is 2. The van der Waals surface area contributed by atoms with Crippen molar-refractivity contribution in [3.63, 3.8) is 0 Å². The molecule has 3 heterocycles. The van der Waals surface area contributed by atoms with E-state index in [1.165, 1.54) is 9.80 Å². The summed E-state index contributed by atoms with van der Waals surface area (Å²) in [6, 6.07) is 7.34. The molecule has 0 spiro atoms. The maximum Gasteiger partial charge on any atom is 0.410 e. The summed E-state index contributed by atoms with van der Waals surface area (Å²) in [5.41, 5.74) is 0.334. The van der Waals surface area contributed by atoms with Crippen LogP contribution >= 0.6 is 0 Å². The average Bonchev–Trinajstić information content (AvgIpc) is 3.19. The zero-order valence-electron chi connectivity index (χ0n) is 22.8. The number of anilines is 1. The lowest BCUT2D eigenvalue weighted by Gasteiger charge is -2.42. The number of fused-ring (bicyclic) bond motifs is 3. The van der Waals surface area contributed by atoms with E-state index >= 15 is 8.78 Å². The SMILES string of the molecule is C[C@@H]1Cc2c(oc3ccccc23)[C@@H](c2c(F)cc(NC3CN(C(=O)OC(C)(C)C)C3)cc2F)N1CC(F)(F)CO. The van der Waals surface area contributed by atoms with E-state index in [2.05, 4.69) is 5.32 Å². The molecule has 11 heteroatoms. The van der Waals surface area contributed by atoms with Crippen molar-refractivity contribution >= 4 is 22.7 Å². The van der Waals surface area contributed by atoms with Crippen molar-refractivity contribution in [3.05, 3.63) is 64.9 Å². The lowest BCUT2D eigenvalue weighted by atomic mass is 9.88. The summed E-state index contributed by atoms with van der Waals surface area (Å²) in [6.45, 7) is 5.30. The van der Waals surface area contributed by atoms with Gasteiger partial charge in [0.15, 0.2) is 0 Å². The van der Waals surface area contributed by atoms with E-state index in [4.69, 9.17) is 9.15 Å². The number of aliphatic hydroxyl groups excluding tert-OH is 1. The molecule has 2 N–H and O–H groups in total. The molecule has 2 aliphatic rings. The third-order valence-electron chi connectivity index (χ3n) is 7.28. The van der Waals surface area contributed by atoms with E-state index in [9.17, 15) is 18.7 Å². The Morgan fingerprint density at radius 1 is 1.15 bits per heavy atom. The average molecular weight is 564 g/mol. The van der Waals surface area contributed by atoms with Gasteiger partial charge in [-0.1, -0.05) is 18.2 Å². The number of carbonyl (C=O) groups excluding carboxylic acids is 1. The molecule has 7 nitrogen and oxygen atoms in total. The van der Waals surface area contributed by atoms with Crippen molar-refractivity contribution in [2.45, 2.75) is 63.8 Å². The monoisotopic (exact) mass is 563 g/mol. The van der Waals surface area contributed by atoms with Gasteiger partial charge in [-0.2, -0.15) is 0 Å². The molecule has 1 fully saturated rings. The number of carbonyl (C=O) groups is 1. The number of nitrogens with one attached hydrogen (secondary N) is 1. The van der Waals surface area contributed by atoms with Crippen molar-refractivity contribution in [3.8, 4) is 0 Å². The number of likely N-dealkylation sites (tertiary alicyclic amines) is 1. The molecule has 0 bridgehead atoms. The molecule has 2 aliphatic heterocycles. The minimum absolute atomic E-state index is 0.161. The van der Waals surface area contributed by atoms with E-state index in [-0.39, 0.29) is 17.5 Å². The molecule has 5 rings (SSSR count). The molecule has 2 atom stereocenters. The first-order valence-corrected chi connectivity index (χ1v) is 13.2. The minimum Gasteiger partial charge on any atom is -0.459 e. The predicted octanol–water partition coefficient (Wildman–Crippen LogP) is 5.71. The van der Waals surface area contributed by atoms with Crippen LogP contribution in [0.15, 0.2) is 40.8 Å². The van der Waals surface area contributed by atoms with E-state index < -0.39 is 60.1 Å². The van der Waals surface area contributed by atoms with Gasteiger partial charge in [0.1, 0.15) is 41.2 Å². The van der Waals surface area contributed by atoms with Crippen LogP contribution in [0.2, 0.25) is 0 Å². The second-order valence-corrected chi connectivity index (χ2v) is 11.7. The predicted molar refractivity (Wildman–Crippen MR) is 142 cm³/mol. The van der Waals surface area contributed by atoms with E-state index in [0.717, 1.165) is 23.1 Å². The van der Waals surface area contributed by atoms with Gasteiger partial charge in [-0.05, 0) is 52.3 Å². The quantitative estimate of drug-likeness (QED) is 0.375. The molecular weight excluding hydrogens is 530 g/mol. The number of amides is 1. The normalized spacial score (nSPS) is 20.4. The van der Waals surface area contributed by atoms with Crippen molar-refractivity contribution < 1.29 is 36.6 Å². The lowest BCUT2D eigenvalue weighted by molar-refractivity contribution is -0.0881. The first-order valence-electron chi connectivity index (χ1n) is 13.2. The fraction of sp³-hybridized carbons (Fsp3) is 0.483. The lowest BCUT2D eigenvalue weighted by Crippen LogP contribution is -2.57. The van der Waals surface area contributed by atoms with Crippen LogP contribution in [-0.2, 0) is 11.2 Å². The second kappa shape index (κ2) is 10.3. The number of hydrogen-bond donors (Lipinski definition) is 2. The van der Waals surface area contributed by atoms with Crippen LogP contribution in [0.4, 0.5) is 28.0 Å².